The zero-order chi connectivity index (χ0) is 17.3. The molecule has 2 heterocycles. The number of hydrogen-bond acceptors (Lipinski definition) is 3. The van der Waals surface area contributed by atoms with Gasteiger partial charge in [0.15, 0.2) is 0 Å². The van der Waals surface area contributed by atoms with Gasteiger partial charge in [0, 0.05) is 24.6 Å². The van der Waals surface area contributed by atoms with Gasteiger partial charge < -0.3 is 15.3 Å². The maximum atomic E-state index is 12.5. The van der Waals surface area contributed by atoms with E-state index in [-0.39, 0.29) is 24.2 Å². The van der Waals surface area contributed by atoms with Gasteiger partial charge in [-0.2, -0.15) is 0 Å². The second-order valence-electron chi connectivity index (χ2n) is 6.81. The van der Waals surface area contributed by atoms with E-state index in [2.05, 4.69) is 5.32 Å². The Morgan fingerprint density at radius 3 is 2.88 bits per heavy atom. The van der Waals surface area contributed by atoms with Crippen LogP contribution in [0.4, 0.5) is 5.69 Å². The molecule has 0 aliphatic carbocycles. The van der Waals surface area contributed by atoms with E-state index in [0.29, 0.717) is 32.2 Å². The highest BCUT2D eigenvalue weighted by Gasteiger charge is 2.45. The van der Waals surface area contributed by atoms with Gasteiger partial charge in [-0.25, -0.2) is 4.79 Å². The van der Waals surface area contributed by atoms with Crippen LogP contribution in [0.1, 0.15) is 38.2 Å². The van der Waals surface area contributed by atoms with Crippen LogP contribution in [0.2, 0.25) is 0 Å². The number of rotatable bonds is 4. The molecule has 2 amide bonds. The number of fused-ring (bicyclic) bond motifs is 1. The monoisotopic (exact) mass is 330 g/mol. The van der Waals surface area contributed by atoms with Gasteiger partial charge in [0.2, 0.25) is 11.8 Å². The van der Waals surface area contributed by atoms with Gasteiger partial charge in [-0.05, 0) is 44.2 Å². The fourth-order valence-electron chi connectivity index (χ4n) is 3.66. The first kappa shape index (κ1) is 16.5. The summed E-state index contributed by atoms with van der Waals surface area (Å²) in [6.07, 6.45) is 2.43. The first-order valence-electron chi connectivity index (χ1n) is 8.34. The number of carbonyl (C=O) groups is 3. The lowest BCUT2D eigenvalue weighted by molar-refractivity contribution is -0.155. The Morgan fingerprint density at radius 1 is 1.38 bits per heavy atom. The SMILES string of the molecule is CC1(C(=O)O)CCCN1C(=O)CCC1Cc2ccccc2NC1=O. The first-order chi connectivity index (χ1) is 11.4. The van der Waals surface area contributed by atoms with E-state index in [1.165, 1.54) is 4.90 Å². The smallest absolute Gasteiger partial charge is 0.329 e. The van der Waals surface area contributed by atoms with Crippen LogP contribution in [0.15, 0.2) is 24.3 Å². The number of carboxylic acids is 1. The molecule has 0 saturated carbocycles. The van der Waals surface area contributed by atoms with Crippen molar-refractivity contribution in [1.29, 1.82) is 0 Å². The molecule has 0 radical (unpaired) electrons. The standard InChI is InChI=1S/C18H22N2O4/c1-18(17(23)24)9-4-10-20(18)15(21)8-7-13-11-12-5-2-3-6-14(12)19-16(13)22/h2-3,5-6,13H,4,7-11H2,1H3,(H,19,22)(H,23,24). The van der Waals surface area contributed by atoms with E-state index >= 15 is 0 Å². The summed E-state index contributed by atoms with van der Waals surface area (Å²) in [5.74, 6) is -1.45. The van der Waals surface area contributed by atoms with E-state index in [1.54, 1.807) is 6.92 Å². The normalized spacial score (nSPS) is 26.0. The Kier molecular flexibility index (Phi) is 4.30. The summed E-state index contributed by atoms with van der Waals surface area (Å²) in [6, 6.07) is 7.66. The van der Waals surface area contributed by atoms with E-state index in [0.717, 1.165) is 11.3 Å². The van der Waals surface area contributed by atoms with E-state index in [4.69, 9.17) is 0 Å². The third kappa shape index (κ3) is 2.88. The molecule has 3 rings (SSSR count). The lowest BCUT2D eigenvalue weighted by atomic mass is 9.89. The molecule has 1 aromatic rings. The number of benzene rings is 1. The Labute approximate surface area is 140 Å². The highest BCUT2D eigenvalue weighted by atomic mass is 16.4. The van der Waals surface area contributed by atoms with Crippen molar-refractivity contribution in [1.82, 2.24) is 4.90 Å². The number of aliphatic carboxylic acids is 1. The summed E-state index contributed by atoms with van der Waals surface area (Å²) in [7, 11) is 0. The molecule has 0 spiro atoms. The summed E-state index contributed by atoms with van der Waals surface area (Å²) in [6.45, 7) is 2.07. The van der Waals surface area contributed by atoms with Crippen LogP contribution >= 0.6 is 0 Å². The molecule has 2 N–H and O–H groups in total. The van der Waals surface area contributed by atoms with Gasteiger partial charge in [0.1, 0.15) is 5.54 Å². The zero-order valence-corrected chi connectivity index (χ0v) is 13.7. The molecule has 2 unspecified atom stereocenters. The number of carboxylic acid groups (broad SMARTS) is 1. The van der Waals surface area contributed by atoms with Gasteiger partial charge in [-0.1, -0.05) is 18.2 Å². The Morgan fingerprint density at radius 2 is 2.12 bits per heavy atom. The minimum Gasteiger partial charge on any atom is -0.480 e. The van der Waals surface area contributed by atoms with Crippen molar-refractivity contribution >= 4 is 23.5 Å². The van der Waals surface area contributed by atoms with Crippen LogP contribution in [0.25, 0.3) is 0 Å². The van der Waals surface area contributed by atoms with Crippen LogP contribution in [0, 0.1) is 5.92 Å². The molecule has 1 aromatic carbocycles. The first-order valence-corrected chi connectivity index (χ1v) is 8.34. The Hall–Kier alpha value is -2.37. The lowest BCUT2D eigenvalue weighted by Crippen LogP contribution is -2.50. The molecule has 6 nitrogen and oxygen atoms in total. The number of nitrogens with one attached hydrogen (secondary N) is 1. The summed E-state index contributed by atoms with van der Waals surface area (Å²) >= 11 is 0. The lowest BCUT2D eigenvalue weighted by Gasteiger charge is -2.32. The van der Waals surface area contributed by atoms with E-state index in [9.17, 15) is 19.5 Å². The molecule has 1 fully saturated rings. The topological polar surface area (TPSA) is 86.7 Å². The predicted molar refractivity (Wildman–Crippen MR) is 88.5 cm³/mol. The molecule has 2 aliphatic heterocycles. The quantitative estimate of drug-likeness (QED) is 0.884. The second-order valence-corrected chi connectivity index (χ2v) is 6.81. The van der Waals surface area contributed by atoms with Gasteiger partial charge in [-0.15, -0.1) is 0 Å². The third-order valence-corrected chi connectivity index (χ3v) is 5.22. The minimum absolute atomic E-state index is 0.0658. The molecule has 128 valence electrons. The minimum atomic E-state index is -1.11. The maximum absolute atomic E-state index is 12.5. The molecule has 1 saturated heterocycles. The number of carbonyl (C=O) groups excluding carboxylic acids is 2. The Bertz CT molecular complexity index is 687. The highest BCUT2D eigenvalue weighted by molar-refractivity contribution is 5.96. The Balaban J connectivity index is 1.63. The van der Waals surface area contributed by atoms with Crippen LogP contribution in [-0.2, 0) is 20.8 Å². The van der Waals surface area contributed by atoms with E-state index < -0.39 is 11.5 Å². The third-order valence-electron chi connectivity index (χ3n) is 5.22. The fraction of sp³-hybridized carbons (Fsp3) is 0.500. The molecule has 0 aromatic heterocycles. The van der Waals surface area contributed by atoms with Crippen molar-refractivity contribution in [2.45, 2.75) is 44.6 Å². The van der Waals surface area contributed by atoms with Crippen LogP contribution in [0.5, 0.6) is 0 Å². The van der Waals surface area contributed by atoms with Crippen molar-refractivity contribution in [3.63, 3.8) is 0 Å². The number of para-hydroxylation sites is 1. The van der Waals surface area contributed by atoms with Crippen molar-refractivity contribution in [3.05, 3.63) is 29.8 Å². The zero-order valence-electron chi connectivity index (χ0n) is 13.7. The average molecular weight is 330 g/mol. The highest BCUT2D eigenvalue weighted by Crippen LogP contribution is 2.32. The number of nitrogens with zero attached hydrogens (tertiary/aromatic N) is 1. The van der Waals surface area contributed by atoms with Crippen molar-refractivity contribution in [2.75, 3.05) is 11.9 Å². The van der Waals surface area contributed by atoms with Crippen LogP contribution in [-0.4, -0.2) is 39.9 Å². The van der Waals surface area contributed by atoms with E-state index in [1.807, 2.05) is 24.3 Å². The molecular weight excluding hydrogens is 308 g/mol. The van der Waals surface area contributed by atoms with Crippen molar-refractivity contribution in [2.24, 2.45) is 5.92 Å². The van der Waals surface area contributed by atoms with Crippen molar-refractivity contribution < 1.29 is 19.5 Å². The predicted octanol–water partition coefficient (Wildman–Crippen LogP) is 2.04. The number of hydrogen-bond donors (Lipinski definition) is 2. The average Bonchev–Trinajstić information content (AvgIpc) is 2.96. The molecule has 2 atom stereocenters. The van der Waals surface area contributed by atoms with Crippen molar-refractivity contribution in [3.8, 4) is 0 Å². The summed E-state index contributed by atoms with van der Waals surface area (Å²) < 4.78 is 0. The van der Waals surface area contributed by atoms with Crippen LogP contribution in [0.3, 0.4) is 0 Å². The summed E-state index contributed by atoms with van der Waals surface area (Å²) in [4.78, 5) is 37.6. The number of anilines is 1. The van der Waals surface area contributed by atoms with Gasteiger partial charge in [-0.3, -0.25) is 9.59 Å². The van der Waals surface area contributed by atoms with Gasteiger partial charge in [0.05, 0.1) is 0 Å². The summed E-state index contributed by atoms with van der Waals surface area (Å²) in [5.41, 5.74) is 0.799. The van der Waals surface area contributed by atoms with Crippen LogP contribution < -0.4 is 5.32 Å². The van der Waals surface area contributed by atoms with Gasteiger partial charge >= 0.3 is 5.97 Å². The fourth-order valence-corrected chi connectivity index (χ4v) is 3.66. The van der Waals surface area contributed by atoms with Gasteiger partial charge in [0.25, 0.3) is 0 Å². The maximum Gasteiger partial charge on any atom is 0.329 e. The molecule has 6 heteroatoms. The summed E-state index contributed by atoms with van der Waals surface area (Å²) in [5, 5.41) is 12.3. The largest absolute Gasteiger partial charge is 0.480 e. The second kappa shape index (κ2) is 6.26. The molecule has 24 heavy (non-hydrogen) atoms. The molecular formula is C18H22N2O4. The number of likely N-dealkylation sites (tertiary alicyclic amines) is 1. The molecule has 2 aliphatic rings. The molecule has 0 bridgehead atoms. The number of amides is 2.